The minimum absolute atomic E-state index is 0.479. The fourth-order valence-corrected chi connectivity index (χ4v) is 2.03. The van der Waals surface area contributed by atoms with Crippen molar-refractivity contribution in [1.82, 2.24) is 14.9 Å². The summed E-state index contributed by atoms with van der Waals surface area (Å²) in [7, 11) is 1.73. The molecule has 0 aliphatic rings. The molecule has 1 rings (SSSR count). The van der Waals surface area contributed by atoms with Crippen LogP contribution in [0.4, 0.5) is 0 Å². The van der Waals surface area contributed by atoms with E-state index >= 15 is 0 Å². The molecule has 2 atom stereocenters. The van der Waals surface area contributed by atoms with Crippen LogP contribution in [0.5, 0.6) is 0 Å². The summed E-state index contributed by atoms with van der Waals surface area (Å²) in [6, 6.07) is 0.479. The zero-order chi connectivity index (χ0) is 13.4. The Balaban J connectivity index is 2.42. The van der Waals surface area contributed by atoms with Crippen LogP contribution >= 0.6 is 0 Å². The topological polar surface area (TPSA) is 39.1 Å². The zero-order valence-electron chi connectivity index (χ0n) is 12.1. The molecule has 0 amide bonds. The highest BCUT2D eigenvalue weighted by atomic mass is 16.5. The van der Waals surface area contributed by atoms with E-state index in [9.17, 15) is 0 Å². The van der Waals surface area contributed by atoms with E-state index < -0.39 is 0 Å². The van der Waals surface area contributed by atoms with Crippen molar-refractivity contribution in [3.63, 3.8) is 0 Å². The predicted molar refractivity (Wildman–Crippen MR) is 74.7 cm³/mol. The lowest BCUT2D eigenvalue weighted by Crippen LogP contribution is -2.35. The van der Waals surface area contributed by atoms with Gasteiger partial charge in [-0.2, -0.15) is 0 Å². The van der Waals surface area contributed by atoms with Gasteiger partial charge in [-0.15, -0.1) is 0 Å². The highest BCUT2D eigenvalue weighted by Gasteiger charge is 2.14. The lowest BCUT2D eigenvalue weighted by Gasteiger charge is -2.21. The van der Waals surface area contributed by atoms with Crippen molar-refractivity contribution in [1.29, 1.82) is 0 Å². The third kappa shape index (κ3) is 4.78. The van der Waals surface area contributed by atoms with Gasteiger partial charge in [-0.3, -0.25) is 0 Å². The number of nitrogens with one attached hydrogen (secondary N) is 1. The number of aromatic nitrogens is 2. The van der Waals surface area contributed by atoms with E-state index in [0.717, 1.165) is 32.5 Å². The van der Waals surface area contributed by atoms with Gasteiger partial charge in [0.1, 0.15) is 5.82 Å². The molecule has 18 heavy (non-hydrogen) atoms. The number of rotatable bonds is 9. The minimum atomic E-state index is 0.479. The molecular formula is C14H27N3O. The number of ether oxygens (including phenoxy) is 1. The van der Waals surface area contributed by atoms with Crippen LogP contribution in [0.25, 0.3) is 0 Å². The van der Waals surface area contributed by atoms with Crippen LogP contribution in [0.3, 0.4) is 0 Å². The fraction of sp³-hybridized carbons (Fsp3) is 0.786. The van der Waals surface area contributed by atoms with Crippen molar-refractivity contribution in [3.8, 4) is 0 Å². The van der Waals surface area contributed by atoms with E-state index in [-0.39, 0.29) is 0 Å². The van der Waals surface area contributed by atoms with Gasteiger partial charge < -0.3 is 14.6 Å². The molecule has 2 unspecified atom stereocenters. The number of hydrogen-bond acceptors (Lipinski definition) is 3. The van der Waals surface area contributed by atoms with Gasteiger partial charge in [0.05, 0.1) is 6.61 Å². The maximum absolute atomic E-state index is 5.05. The molecule has 0 saturated heterocycles. The van der Waals surface area contributed by atoms with Gasteiger partial charge in [-0.05, 0) is 19.3 Å². The van der Waals surface area contributed by atoms with Gasteiger partial charge in [-0.1, -0.05) is 13.8 Å². The van der Waals surface area contributed by atoms with Gasteiger partial charge >= 0.3 is 0 Å². The lowest BCUT2D eigenvalue weighted by molar-refractivity contribution is 0.192. The first-order valence-electron chi connectivity index (χ1n) is 6.91. The van der Waals surface area contributed by atoms with Gasteiger partial charge in [0.25, 0.3) is 0 Å². The first-order chi connectivity index (χ1) is 8.69. The Morgan fingerprint density at radius 3 is 2.89 bits per heavy atom. The third-order valence-corrected chi connectivity index (χ3v) is 3.40. The summed E-state index contributed by atoms with van der Waals surface area (Å²) in [6.45, 7) is 9.44. The summed E-state index contributed by atoms with van der Waals surface area (Å²) in [6.07, 6.45) is 6.16. The van der Waals surface area contributed by atoms with Gasteiger partial charge in [0.15, 0.2) is 0 Å². The Morgan fingerprint density at radius 1 is 1.44 bits per heavy atom. The van der Waals surface area contributed by atoms with Crippen LogP contribution in [-0.2, 0) is 17.7 Å². The molecular weight excluding hydrogens is 226 g/mol. The molecule has 0 aliphatic heterocycles. The quantitative estimate of drug-likeness (QED) is 0.685. The van der Waals surface area contributed by atoms with Crippen molar-refractivity contribution in [2.75, 3.05) is 20.3 Å². The van der Waals surface area contributed by atoms with Gasteiger partial charge in [0.2, 0.25) is 0 Å². The van der Waals surface area contributed by atoms with Crippen LogP contribution in [0, 0.1) is 5.92 Å². The van der Waals surface area contributed by atoms with Crippen molar-refractivity contribution < 1.29 is 4.74 Å². The molecule has 0 fully saturated rings. The Morgan fingerprint density at radius 2 is 2.22 bits per heavy atom. The van der Waals surface area contributed by atoms with Crippen molar-refractivity contribution in [2.45, 2.75) is 46.2 Å². The molecule has 0 bridgehead atoms. The molecule has 0 radical (unpaired) electrons. The average Bonchev–Trinajstić information content (AvgIpc) is 2.77. The van der Waals surface area contributed by atoms with Crippen LogP contribution in [0.2, 0.25) is 0 Å². The third-order valence-electron chi connectivity index (χ3n) is 3.40. The number of nitrogens with zero attached hydrogens (tertiary/aromatic N) is 2. The molecule has 0 spiro atoms. The molecule has 4 heteroatoms. The van der Waals surface area contributed by atoms with Crippen LogP contribution in [0.1, 0.15) is 33.0 Å². The summed E-state index contributed by atoms with van der Waals surface area (Å²) in [5.41, 5.74) is 0. The Labute approximate surface area is 111 Å². The fourth-order valence-electron chi connectivity index (χ4n) is 2.03. The standard InChI is InChI=1S/C14H27N3O/c1-5-8-17-9-6-16-14(17)11-12(2)13(3)15-7-10-18-4/h6,9,12-13,15H,5,7-8,10-11H2,1-4H3. The van der Waals surface area contributed by atoms with E-state index in [1.54, 1.807) is 7.11 Å². The molecule has 1 aromatic rings. The normalized spacial score (nSPS) is 14.7. The second-order valence-electron chi connectivity index (χ2n) is 4.95. The second kappa shape index (κ2) is 8.27. The molecule has 1 heterocycles. The average molecular weight is 253 g/mol. The van der Waals surface area contributed by atoms with E-state index in [0.29, 0.717) is 12.0 Å². The molecule has 0 aromatic carbocycles. The predicted octanol–water partition coefficient (Wildman–Crippen LogP) is 2.10. The van der Waals surface area contributed by atoms with Crippen molar-refractivity contribution in [2.24, 2.45) is 5.92 Å². The number of hydrogen-bond donors (Lipinski definition) is 1. The number of aryl methyl sites for hydroxylation is 1. The van der Waals surface area contributed by atoms with Crippen LogP contribution < -0.4 is 5.32 Å². The SMILES string of the molecule is CCCn1ccnc1CC(C)C(C)NCCOC. The first kappa shape index (κ1) is 15.2. The summed E-state index contributed by atoms with van der Waals surface area (Å²) in [5.74, 6) is 1.77. The Kier molecular flexibility index (Phi) is 6.98. The van der Waals surface area contributed by atoms with Crippen molar-refractivity contribution >= 4 is 0 Å². The van der Waals surface area contributed by atoms with Crippen molar-refractivity contribution in [3.05, 3.63) is 18.2 Å². The maximum Gasteiger partial charge on any atom is 0.108 e. The Bertz CT molecular complexity index is 325. The molecule has 4 nitrogen and oxygen atoms in total. The largest absolute Gasteiger partial charge is 0.383 e. The smallest absolute Gasteiger partial charge is 0.108 e. The van der Waals surface area contributed by atoms with Gasteiger partial charge in [-0.25, -0.2) is 4.98 Å². The summed E-state index contributed by atoms with van der Waals surface area (Å²) < 4.78 is 7.31. The Hall–Kier alpha value is -0.870. The van der Waals surface area contributed by atoms with Crippen LogP contribution in [-0.4, -0.2) is 35.9 Å². The highest BCUT2D eigenvalue weighted by molar-refractivity contribution is 4.94. The maximum atomic E-state index is 5.05. The highest BCUT2D eigenvalue weighted by Crippen LogP contribution is 2.11. The monoisotopic (exact) mass is 253 g/mol. The van der Waals surface area contributed by atoms with E-state index in [1.165, 1.54) is 5.82 Å². The van der Waals surface area contributed by atoms with E-state index in [2.05, 4.69) is 41.8 Å². The second-order valence-corrected chi connectivity index (χ2v) is 4.95. The molecule has 104 valence electrons. The van der Waals surface area contributed by atoms with E-state index in [4.69, 9.17) is 4.74 Å². The summed E-state index contributed by atoms with van der Waals surface area (Å²) >= 11 is 0. The molecule has 0 saturated carbocycles. The molecule has 1 aromatic heterocycles. The number of methoxy groups -OCH3 is 1. The minimum Gasteiger partial charge on any atom is -0.383 e. The number of imidazole rings is 1. The zero-order valence-corrected chi connectivity index (χ0v) is 12.1. The van der Waals surface area contributed by atoms with Gasteiger partial charge in [0, 0.05) is 45.1 Å². The molecule has 1 N–H and O–H groups in total. The summed E-state index contributed by atoms with van der Waals surface area (Å²) in [5, 5.41) is 3.49. The first-order valence-corrected chi connectivity index (χ1v) is 6.91. The summed E-state index contributed by atoms with van der Waals surface area (Å²) in [4.78, 5) is 4.46. The lowest BCUT2D eigenvalue weighted by atomic mass is 9.99. The molecule has 0 aliphatic carbocycles. The van der Waals surface area contributed by atoms with E-state index in [1.807, 2.05) is 6.20 Å². The van der Waals surface area contributed by atoms with Crippen LogP contribution in [0.15, 0.2) is 12.4 Å².